The Morgan fingerprint density at radius 1 is 1.14 bits per heavy atom. The average Bonchev–Trinajstić information content (AvgIpc) is 2.64. The van der Waals surface area contributed by atoms with Gasteiger partial charge in [-0.3, -0.25) is 19.3 Å². The van der Waals surface area contributed by atoms with Crippen LogP contribution in [0.5, 0.6) is 0 Å². The fourth-order valence-electron chi connectivity index (χ4n) is 2.58. The summed E-state index contributed by atoms with van der Waals surface area (Å²) in [6.07, 6.45) is 1.05. The lowest BCUT2D eigenvalue weighted by atomic mass is 10.1. The van der Waals surface area contributed by atoms with Crippen LogP contribution in [0.3, 0.4) is 0 Å². The minimum absolute atomic E-state index is 0.0946. The Morgan fingerprint density at radius 2 is 1.75 bits per heavy atom. The Labute approximate surface area is 164 Å². The number of imide groups is 1. The number of likely N-dealkylation sites (tertiary alicyclic amines) is 1. The highest BCUT2D eigenvalue weighted by Gasteiger charge is 2.26. The van der Waals surface area contributed by atoms with E-state index >= 15 is 0 Å². The molecule has 8 nitrogen and oxygen atoms in total. The van der Waals surface area contributed by atoms with Crippen molar-refractivity contribution in [2.24, 2.45) is 0 Å². The summed E-state index contributed by atoms with van der Waals surface area (Å²) in [5.41, 5.74) is 1.19. The van der Waals surface area contributed by atoms with Crippen molar-refractivity contribution in [2.45, 2.75) is 19.3 Å². The number of piperidine rings is 1. The molecular weight excluding hydrogens is 382 g/mol. The van der Waals surface area contributed by atoms with E-state index in [1.165, 1.54) is 4.90 Å². The Balaban J connectivity index is 1.84. The van der Waals surface area contributed by atoms with Crippen LogP contribution in [-0.2, 0) is 19.6 Å². The molecule has 0 unspecified atom stereocenters. The monoisotopic (exact) mass is 405 g/mol. The first kappa shape index (κ1) is 21.6. The van der Waals surface area contributed by atoms with Crippen LogP contribution < -0.4 is 4.72 Å². The highest BCUT2D eigenvalue weighted by molar-refractivity contribution is 7.89. The van der Waals surface area contributed by atoms with Crippen molar-refractivity contribution in [3.8, 4) is 11.8 Å². The number of nitrogens with zero attached hydrogens (tertiary/aromatic N) is 2. The number of carbonyl (C=O) groups excluding carboxylic acids is 3. The fourth-order valence-corrected chi connectivity index (χ4v) is 3.44. The second-order valence-corrected chi connectivity index (χ2v) is 8.44. The second-order valence-electron chi connectivity index (χ2n) is 6.51. The molecule has 28 heavy (non-hydrogen) atoms. The van der Waals surface area contributed by atoms with E-state index in [0.29, 0.717) is 17.5 Å². The van der Waals surface area contributed by atoms with Crippen LogP contribution in [0.2, 0.25) is 0 Å². The minimum Gasteiger partial charge on any atom is -0.345 e. The predicted octanol–water partition coefficient (Wildman–Crippen LogP) is 0.198. The van der Waals surface area contributed by atoms with Gasteiger partial charge in [-0.05, 0) is 30.7 Å². The van der Waals surface area contributed by atoms with E-state index in [-0.39, 0.29) is 49.4 Å². The predicted molar refractivity (Wildman–Crippen MR) is 104 cm³/mol. The van der Waals surface area contributed by atoms with Gasteiger partial charge in [0.1, 0.15) is 0 Å². The summed E-state index contributed by atoms with van der Waals surface area (Å²) in [5, 5.41) is 0. The maximum Gasteiger partial charge on any atom is 0.253 e. The van der Waals surface area contributed by atoms with Crippen LogP contribution in [0.1, 0.15) is 35.2 Å². The summed E-state index contributed by atoms with van der Waals surface area (Å²) >= 11 is 0. The number of sulfonamides is 1. The zero-order valence-electron chi connectivity index (χ0n) is 15.9. The fraction of sp³-hybridized carbons (Fsp3) is 0.421. The molecule has 150 valence electrons. The summed E-state index contributed by atoms with van der Waals surface area (Å²) in [7, 11) is -0.327. The number of hydrogen-bond acceptors (Lipinski definition) is 5. The van der Waals surface area contributed by atoms with Crippen LogP contribution >= 0.6 is 0 Å². The number of rotatable bonds is 6. The zero-order valence-corrected chi connectivity index (χ0v) is 16.7. The van der Waals surface area contributed by atoms with Crippen LogP contribution in [0.4, 0.5) is 0 Å². The van der Waals surface area contributed by atoms with Crippen molar-refractivity contribution >= 4 is 27.7 Å². The number of hydrogen-bond donors (Lipinski definition) is 1. The molecular formula is C19H23N3O5S. The van der Waals surface area contributed by atoms with E-state index in [9.17, 15) is 22.8 Å². The van der Waals surface area contributed by atoms with Gasteiger partial charge in [0, 0.05) is 44.6 Å². The smallest absolute Gasteiger partial charge is 0.253 e. The SMILES string of the molecule is CN(C)C(=O)c1ccc(C#CCNS(=O)(=O)CCN2C(=O)CCCC2=O)cc1. The van der Waals surface area contributed by atoms with Crippen molar-refractivity contribution in [3.05, 3.63) is 35.4 Å². The van der Waals surface area contributed by atoms with Gasteiger partial charge in [0.15, 0.2) is 0 Å². The number of benzene rings is 1. The van der Waals surface area contributed by atoms with E-state index in [4.69, 9.17) is 0 Å². The molecule has 1 aliphatic heterocycles. The average molecular weight is 405 g/mol. The third-order valence-corrected chi connectivity index (χ3v) is 5.42. The van der Waals surface area contributed by atoms with Crippen LogP contribution in [0, 0.1) is 11.8 Å². The minimum atomic E-state index is -3.66. The number of carbonyl (C=O) groups is 3. The highest BCUT2D eigenvalue weighted by atomic mass is 32.2. The summed E-state index contributed by atoms with van der Waals surface area (Å²) in [6.45, 7) is -0.246. The van der Waals surface area contributed by atoms with E-state index in [1.54, 1.807) is 38.4 Å². The Hall–Kier alpha value is -2.70. The number of nitrogens with one attached hydrogen (secondary N) is 1. The van der Waals surface area contributed by atoms with Crippen molar-refractivity contribution < 1.29 is 22.8 Å². The molecule has 1 fully saturated rings. The van der Waals surface area contributed by atoms with Gasteiger partial charge in [-0.15, -0.1) is 0 Å². The maximum atomic E-state index is 12.0. The van der Waals surface area contributed by atoms with Gasteiger partial charge >= 0.3 is 0 Å². The Bertz CT molecular complexity index is 895. The van der Waals surface area contributed by atoms with Crippen molar-refractivity contribution in [2.75, 3.05) is 32.9 Å². The molecule has 2 rings (SSSR count). The van der Waals surface area contributed by atoms with Crippen molar-refractivity contribution in [3.63, 3.8) is 0 Å². The standard InChI is InChI=1S/C19H23N3O5S/c1-21(2)19(25)16-10-8-15(9-11-16)5-4-12-20-28(26,27)14-13-22-17(23)6-3-7-18(22)24/h8-11,20H,3,6-7,12-14H2,1-2H3. The molecule has 9 heteroatoms. The molecule has 1 aromatic carbocycles. The van der Waals surface area contributed by atoms with E-state index in [1.807, 2.05) is 0 Å². The summed E-state index contributed by atoms with van der Waals surface area (Å²) in [4.78, 5) is 37.7. The summed E-state index contributed by atoms with van der Waals surface area (Å²) in [5.74, 6) is 4.38. The van der Waals surface area contributed by atoms with Crippen LogP contribution in [0.15, 0.2) is 24.3 Å². The van der Waals surface area contributed by atoms with Gasteiger partial charge in [-0.25, -0.2) is 13.1 Å². The normalized spacial score (nSPS) is 14.4. The van der Waals surface area contributed by atoms with E-state index < -0.39 is 10.0 Å². The molecule has 0 spiro atoms. The Morgan fingerprint density at radius 3 is 2.32 bits per heavy atom. The van der Waals surface area contributed by atoms with Gasteiger partial charge in [-0.2, -0.15) is 0 Å². The largest absolute Gasteiger partial charge is 0.345 e. The molecule has 1 heterocycles. The molecule has 0 radical (unpaired) electrons. The molecule has 1 aliphatic rings. The first-order valence-corrected chi connectivity index (χ1v) is 10.5. The second kappa shape index (κ2) is 9.48. The van der Waals surface area contributed by atoms with Crippen molar-refractivity contribution in [1.29, 1.82) is 0 Å². The van der Waals surface area contributed by atoms with Gasteiger partial charge in [-0.1, -0.05) is 11.8 Å². The lowest BCUT2D eigenvalue weighted by molar-refractivity contribution is -0.147. The zero-order chi connectivity index (χ0) is 20.7. The van der Waals surface area contributed by atoms with E-state index in [2.05, 4.69) is 16.6 Å². The molecule has 1 N–H and O–H groups in total. The third kappa shape index (κ3) is 6.18. The van der Waals surface area contributed by atoms with Crippen LogP contribution in [0.25, 0.3) is 0 Å². The lowest BCUT2D eigenvalue weighted by Gasteiger charge is -2.24. The van der Waals surface area contributed by atoms with Crippen LogP contribution in [-0.4, -0.2) is 68.9 Å². The van der Waals surface area contributed by atoms with Gasteiger partial charge in [0.05, 0.1) is 12.3 Å². The molecule has 0 saturated carbocycles. The van der Waals surface area contributed by atoms with Crippen molar-refractivity contribution in [1.82, 2.24) is 14.5 Å². The summed E-state index contributed by atoms with van der Waals surface area (Å²) in [6, 6.07) is 6.68. The van der Waals surface area contributed by atoms with Gasteiger partial charge in [0.25, 0.3) is 5.91 Å². The molecule has 1 aromatic rings. The number of amides is 3. The molecule has 0 bridgehead atoms. The van der Waals surface area contributed by atoms with Gasteiger partial charge in [0.2, 0.25) is 21.8 Å². The Kier molecular flexibility index (Phi) is 7.31. The lowest BCUT2D eigenvalue weighted by Crippen LogP contribution is -2.44. The third-order valence-electron chi connectivity index (χ3n) is 4.12. The first-order chi connectivity index (χ1) is 13.2. The maximum absolute atomic E-state index is 12.0. The quantitative estimate of drug-likeness (QED) is 0.538. The first-order valence-electron chi connectivity index (χ1n) is 8.81. The molecule has 0 atom stereocenters. The summed E-state index contributed by atoms with van der Waals surface area (Å²) < 4.78 is 26.4. The van der Waals surface area contributed by atoms with E-state index in [0.717, 1.165) is 4.90 Å². The highest BCUT2D eigenvalue weighted by Crippen LogP contribution is 2.12. The molecule has 0 aliphatic carbocycles. The molecule has 3 amide bonds. The topological polar surface area (TPSA) is 104 Å². The van der Waals surface area contributed by atoms with Gasteiger partial charge < -0.3 is 4.90 Å². The molecule has 0 aromatic heterocycles. The molecule has 1 saturated heterocycles.